The number of fused-ring (bicyclic) bond motifs is 2. The van der Waals surface area contributed by atoms with E-state index in [-0.39, 0.29) is 17.9 Å². The highest BCUT2D eigenvalue weighted by Crippen LogP contribution is 2.23. The number of carbonyl (C=O) groups is 3. The van der Waals surface area contributed by atoms with Gasteiger partial charge in [-0.15, -0.1) is 0 Å². The van der Waals surface area contributed by atoms with Gasteiger partial charge in [0.2, 0.25) is 0 Å². The Kier molecular flexibility index (Phi) is 10.7. The summed E-state index contributed by atoms with van der Waals surface area (Å²) in [6.07, 6.45) is -10.1. The topological polar surface area (TPSA) is 157 Å². The summed E-state index contributed by atoms with van der Waals surface area (Å²) >= 11 is 0. The van der Waals surface area contributed by atoms with Crippen molar-refractivity contribution in [2.24, 2.45) is 0 Å². The van der Waals surface area contributed by atoms with Gasteiger partial charge in [0.1, 0.15) is 5.60 Å². The van der Waals surface area contributed by atoms with Gasteiger partial charge in [-0.1, -0.05) is 0 Å². The lowest BCUT2D eigenvalue weighted by molar-refractivity contribution is -0.134. The quantitative estimate of drug-likeness (QED) is 0.309. The zero-order valence-corrected chi connectivity index (χ0v) is 23.8. The first-order valence-electron chi connectivity index (χ1n) is 13.4. The summed E-state index contributed by atoms with van der Waals surface area (Å²) in [4.78, 5) is 37.3. The van der Waals surface area contributed by atoms with Crippen LogP contribution in [0.3, 0.4) is 0 Å². The monoisotopic (exact) mass is 624 g/mol. The van der Waals surface area contributed by atoms with Crippen LogP contribution in [-0.4, -0.2) is 87.3 Å². The molecule has 2 aliphatic heterocycles. The van der Waals surface area contributed by atoms with E-state index in [1.807, 2.05) is 0 Å². The molecular weight excluding hydrogens is 590 g/mol. The Morgan fingerprint density at radius 3 is 1.86 bits per heavy atom. The molecule has 0 aliphatic carbocycles. The van der Waals surface area contributed by atoms with E-state index in [9.17, 15) is 40.7 Å². The van der Waals surface area contributed by atoms with Gasteiger partial charge >= 0.3 is 18.4 Å². The van der Waals surface area contributed by atoms with Crippen LogP contribution in [0.4, 0.5) is 31.1 Å². The summed E-state index contributed by atoms with van der Waals surface area (Å²) in [6, 6.07) is 0. The normalized spacial score (nSPS) is 15.0. The highest BCUT2D eigenvalue weighted by Gasteiger charge is 2.32. The van der Waals surface area contributed by atoms with Crippen LogP contribution in [-0.2, 0) is 30.7 Å². The molecule has 0 fully saturated rings. The molecule has 43 heavy (non-hydrogen) atoms. The third-order valence-corrected chi connectivity index (χ3v) is 6.21. The molecule has 2 aliphatic rings. The van der Waals surface area contributed by atoms with Gasteiger partial charge in [-0.2, -0.15) is 36.5 Å². The highest BCUT2D eigenvalue weighted by molar-refractivity contribution is 5.94. The van der Waals surface area contributed by atoms with E-state index in [1.165, 1.54) is 4.90 Å². The van der Waals surface area contributed by atoms with E-state index in [4.69, 9.17) is 4.74 Å². The van der Waals surface area contributed by atoms with Crippen LogP contribution >= 0.6 is 0 Å². The summed E-state index contributed by atoms with van der Waals surface area (Å²) in [7, 11) is 0. The fourth-order valence-corrected chi connectivity index (χ4v) is 4.18. The SMILES string of the molecule is CC(C)(C)OC(=O)N1CCc2[nH]nc(C(=O)NCCC(F)(F)F)c2C1.O=C(NCCC(F)(F)F)c1n[nH]c2c1CNCC2. The van der Waals surface area contributed by atoms with E-state index < -0.39 is 61.8 Å². The van der Waals surface area contributed by atoms with Crippen LogP contribution in [0, 0.1) is 0 Å². The van der Waals surface area contributed by atoms with Gasteiger partial charge in [-0.05, 0) is 20.8 Å². The van der Waals surface area contributed by atoms with E-state index in [2.05, 4.69) is 36.3 Å². The Balaban J connectivity index is 0.000000248. The Morgan fingerprint density at radius 2 is 1.35 bits per heavy atom. The zero-order valence-electron chi connectivity index (χ0n) is 23.8. The predicted octanol–water partition coefficient (Wildman–Crippen LogP) is 3.12. The average molecular weight is 625 g/mol. The number of alkyl halides is 6. The summed E-state index contributed by atoms with van der Waals surface area (Å²) in [5, 5.41) is 20.7. The second-order valence-electron chi connectivity index (χ2n) is 10.9. The van der Waals surface area contributed by atoms with Gasteiger partial charge < -0.3 is 25.6 Å². The molecule has 0 bridgehead atoms. The first kappa shape index (κ1) is 33.7. The van der Waals surface area contributed by atoms with Crippen molar-refractivity contribution >= 4 is 17.9 Å². The number of hydrogen-bond donors (Lipinski definition) is 5. The van der Waals surface area contributed by atoms with Gasteiger partial charge in [-0.25, -0.2) is 4.79 Å². The molecule has 0 aromatic carbocycles. The number of rotatable bonds is 6. The third kappa shape index (κ3) is 10.4. The average Bonchev–Trinajstić information content (AvgIpc) is 3.50. The number of hydrogen-bond acceptors (Lipinski definition) is 7. The lowest BCUT2D eigenvalue weighted by Gasteiger charge is -2.30. The highest BCUT2D eigenvalue weighted by atomic mass is 19.4. The number of nitrogens with one attached hydrogen (secondary N) is 5. The first-order chi connectivity index (χ1) is 19.9. The number of aromatic nitrogens is 4. The molecule has 0 radical (unpaired) electrons. The summed E-state index contributed by atoms with van der Waals surface area (Å²) in [5.74, 6) is -1.27. The second kappa shape index (κ2) is 13.6. The molecule has 4 heterocycles. The molecule has 2 aromatic heterocycles. The summed E-state index contributed by atoms with van der Waals surface area (Å²) in [5.41, 5.74) is 2.35. The number of halogens is 6. The van der Waals surface area contributed by atoms with E-state index >= 15 is 0 Å². The maximum Gasteiger partial charge on any atom is 0.410 e. The standard InChI is InChI=1S/C15H21F3N4O3.C10H13F3N4O/c1-14(2,3)25-13(24)22-7-4-10-9(8-22)11(21-20-10)12(23)19-6-5-15(16,17)18;11-10(12,13)2-4-15-9(18)8-6-5-14-3-1-7(6)16-17-8/h4-8H2,1-3H3,(H,19,23)(H,20,21);14H,1-5H2,(H,15,18)(H,16,17). The minimum atomic E-state index is -4.34. The zero-order chi connectivity index (χ0) is 32.0. The molecule has 0 saturated carbocycles. The largest absolute Gasteiger partial charge is 0.444 e. The maximum atomic E-state index is 12.2. The van der Waals surface area contributed by atoms with E-state index in [0.29, 0.717) is 30.8 Å². The molecule has 0 unspecified atom stereocenters. The Morgan fingerprint density at radius 1 is 0.837 bits per heavy atom. The van der Waals surface area contributed by atoms with Gasteiger partial charge in [0.25, 0.3) is 11.8 Å². The van der Waals surface area contributed by atoms with Crippen molar-refractivity contribution in [3.8, 4) is 0 Å². The minimum Gasteiger partial charge on any atom is -0.444 e. The molecule has 4 rings (SSSR count). The van der Waals surface area contributed by atoms with Crippen LogP contribution in [0.15, 0.2) is 0 Å². The number of carbonyl (C=O) groups excluding carboxylic acids is 3. The summed E-state index contributed by atoms with van der Waals surface area (Å²) in [6.45, 7) is 6.10. The number of nitrogens with zero attached hydrogens (tertiary/aromatic N) is 3. The fraction of sp³-hybridized carbons (Fsp3) is 0.640. The molecule has 2 aromatic rings. The van der Waals surface area contributed by atoms with Crippen molar-refractivity contribution in [1.82, 2.24) is 41.2 Å². The van der Waals surface area contributed by atoms with Crippen LogP contribution in [0.25, 0.3) is 0 Å². The van der Waals surface area contributed by atoms with Gasteiger partial charge in [0, 0.05) is 68.1 Å². The second-order valence-corrected chi connectivity index (χ2v) is 10.9. The third-order valence-electron chi connectivity index (χ3n) is 6.21. The van der Waals surface area contributed by atoms with Gasteiger partial charge in [0.05, 0.1) is 19.4 Å². The van der Waals surface area contributed by atoms with E-state index in [1.54, 1.807) is 20.8 Å². The van der Waals surface area contributed by atoms with Crippen LogP contribution < -0.4 is 16.0 Å². The first-order valence-corrected chi connectivity index (χ1v) is 13.4. The van der Waals surface area contributed by atoms with Gasteiger partial charge in [-0.3, -0.25) is 19.8 Å². The Labute approximate surface area is 242 Å². The van der Waals surface area contributed by atoms with Crippen molar-refractivity contribution in [3.63, 3.8) is 0 Å². The van der Waals surface area contributed by atoms with Crippen LogP contribution in [0.2, 0.25) is 0 Å². The molecule has 5 N–H and O–H groups in total. The van der Waals surface area contributed by atoms with Crippen LogP contribution in [0.1, 0.15) is 77.1 Å². The molecular formula is C25H34F6N8O4. The van der Waals surface area contributed by atoms with Crippen LogP contribution in [0.5, 0.6) is 0 Å². The van der Waals surface area contributed by atoms with Crippen molar-refractivity contribution in [1.29, 1.82) is 0 Å². The molecule has 12 nitrogen and oxygen atoms in total. The van der Waals surface area contributed by atoms with Gasteiger partial charge in [0.15, 0.2) is 11.4 Å². The molecule has 0 spiro atoms. The molecule has 0 atom stereocenters. The fourth-order valence-electron chi connectivity index (χ4n) is 4.18. The van der Waals surface area contributed by atoms with Crippen molar-refractivity contribution in [2.45, 2.75) is 77.5 Å². The minimum absolute atomic E-state index is 0.00503. The number of H-pyrrole nitrogens is 2. The molecule has 3 amide bonds. The Hall–Kier alpha value is -3.83. The number of ether oxygens (including phenoxy) is 1. The van der Waals surface area contributed by atoms with Crippen molar-refractivity contribution < 1.29 is 45.5 Å². The summed E-state index contributed by atoms with van der Waals surface area (Å²) < 4.78 is 77.6. The number of amides is 3. The maximum absolute atomic E-state index is 12.2. The lowest BCUT2D eigenvalue weighted by atomic mass is 10.1. The molecule has 0 saturated heterocycles. The van der Waals surface area contributed by atoms with E-state index in [0.717, 1.165) is 24.2 Å². The lowest BCUT2D eigenvalue weighted by Crippen LogP contribution is -2.40. The smallest absolute Gasteiger partial charge is 0.410 e. The molecule has 240 valence electrons. The van der Waals surface area contributed by atoms with Crippen molar-refractivity contribution in [3.05, 3.63) is 33.9 Å². The Bertz CT molecular complexity index is 1280. The van der Waals surface area contributed by atoms with Crippen molar-refractivity contribution in [2.75, 3.05) is 26.2 Å². The molecule has 18 heteroatoms. The number of aromatic amines is 2. The predicted molar refractivity (Wildman–Crippen MR) is 139 cm³/mol.